The molecular weight excluding hydrogens is 607 g/mol. The first-order valence-electron chi connectivity index (χ1n) is 15.2. The summed E-state index contributed by atoms with van der Waals surface area (Å²) in [6, 6.07) is 8.33. The number of hydrogen-bond acceptors (Lipinski definition) is 8. The van der Waals surface area contributed by atoms with Crippen molar-refractivity contribution in [2.24, 2.45) is 0 Å². The number of aliphatic carboxylic acids is 1. The van der Waals surface area contributed by atoms with E-state index in [2.05, 4.69) is 36.1 Å². The zero-order valence-electron chi connectivity index (χ0n) is 28.6. The fourth-order valence-electron chi connectivity index (χ4n) is 2.96. The second-order valence-corrected chi connectivity index (χ2v) is 11.5. The van der Waals surface area contributed by atoms with Crippen LogP contribution in [0.25, 0.3) is 0 Å². The summed E-state index contributed by atoms with van der Waals surface area (Å²) in [6.45, 7) is 17.9. The second-order valence-electron chi connectivity index (χ2n) is 9.85. The molecule has 1 N–H and O–H groups in total. The molecule has 0 saturated heterocycles. The minimum absolute atomic E-state index is 0. The molecule has 45 heavy (non-hydrogen) atoms. The number of hydrogen-bond donors (Lipinski definition) is 1. The van der Waals surface area contributed by atoms with E-state index in [1.54, 1.807) is 37.3 Å². The molecule has 0 aromatic heterocycles. The monoisotopic (exact) mass is 663 g/mol. The van der Waals surface area contributed by atoms with E-state index in [4.69, 9.17) is 9.29 Å². The third-order valence-corrected chi connectivity index (χ3v) is 6.90. The van der Waals surface area contributed by atoms with Crippen LogP contribution >= 0.6 is 0 Å². The molecule has 0 bridgehead atoms. The average molecular weight is 664 g/mol. The maximum absolute atomic E-state index is 11.9. The van der Waals surface area contributed by atoms with E-state index in [0.717, 1.165) is 25.7 Å². The first-order valence-corrected chi connectivity index (χ1v) is 16.6. The van der Waals surface area contributed by atoms with E-state index < -0.39 is 16.1 Å². The zero-order chi connectivity index (χ0) is 34.2. The first kappa shape index (κ1) is 49.6. The van der Waals surface area contributed by atoms with Gasteiger partial charge in [-0.25, -0.2) is 14.4 Å². The molecule has 253 valence electrons. The smallest absolute Gasteiger partial charge is 0.332 e. The summed E-state index contributed by atoms with van der Waals surface area (Å²) in [7, 11) is -2.24. The number of rotatable bonds is 19. The topological polar surface area (TPSA) is 133 Å². The van der Waals surface area contributed by atoms with Gasteiger partial charge in [-0.1, -0.05) is 116 Å². The van der Waals surface area contributed by atoms with Crippen molar-refractivity contribution in [3.05, 3.63) is 67.3 Å². The number of carboxylic acids is 1. The van der Waals surface area contributed by atoms with Crippen molar-refractivity contribution in [2.75, 3.05) is 20.3 Å². The molecular formula is C34H56NaO9S. The summed E-state index contributed by atoms with van der Waals surface area (Å²) in [6.07, 6.45) is 15.4. The Morgan fingerprint density at radius 3 is 1.58 bits per heavy atom. The van der Waals surface area contributed by atoms with Crippen molar-refractivity contribution < 1.29 is 41.6 Å². The van der Waals surface area contributed by atoms with Crippen molar-refractivity contribution in [3.63, 3.8) is 0 Å². The van der Waals surface area contributed by atoms with Gasteiger partial charge in [0.1, 0.15) is 0 Å². The van der Waals surface area contributed by atoms with Crippen LogP contribution < -0.4 is 0 Å². The standard InChI is InChI=1S/C18H30O3S.C7H12O2.C5H8O2.C4H6O2.Na/c1-2-3-4-5-6-7-8-9-10-14-17-21-22(19,20)18-15-12-11-13-16-18;1-3-5-6-9-7(8)4-2;1-4(2)5(6)7-3;1-3(2)4(5)6;/h11-13,15-16H,2-10,14,17H2,1H3;4H,2-3,5-6H2,1H3;1H2,2-3H3;1H2,2H3,(H,5,6);. The first-order chi connectivity index (χ1) is 20.8. The molecule has 0 aliphatic rings. The van der Waals surface area contributed by atoms with Crippen LogP contribution in [0.1, 0.15) is 105 Å². The quantitative estimate of drug-likeness (QED) is 0.0517. The van der Waals surface area contributed by atoms with Crippen molar-refractivity contribution in [2.45, 2.75) is 110 Å². The molecule has 0 fully saturated rings. The number of esters is 2. The Labute approximate surface area is 294 Å². The van der Waals surface area contributed by atoms with Gasteiger partial charge in [0, 0.05) is 46.8 Å². The number of methoxy groups -OCH3 is 1. The molecule has 0 unspecified atom stereocenters. The Hall–Kier alpha value is -2.24. The third kappa shape index (κ3) is 36.1. The molecule has 0 heterocycles. The van der Waals surface area contributed by atoms with Crippen LogP contribution in [0.5, 0.6) is 0 Å². The molecule has 0 spiro atoms. The minimum Gasteiger partial charge on any atom is -0.478 e. The van der Waals surface area contributed by atoms with Gasteiger partial charge < -0.3 is 14.6 Å². The Balaban J connectivity index is -0.000000300. The minimum atomic E-state index is -3.57. The summed E-state index contributed by atoms with van der Waals surface area (Å²) >= 11 is 0. The SMILES string of the molecule is C=C(C)C(=O)O.C=C(C)C(=O)OC.C=CC(=O)OCCCC.CCCCCCCCCCCCOS(=O)(=O)c1ccccc1.[Na]. The Morgan fingerprint density at radius 1 is 0.778 bits per heavy atom. The molecule has 9 nitrogen and oxygen atoms in total. The maximum Gasteiger partial charge on any atom is 0.332 e. The molecule has 1 aromatic rings. The number of unbranched alkanes of at least 4 members (excludes halogenated alkanes) is 10. The van der Waals surface area contributed by atoms with Gasteiger partial charge in [-0.05, 0) is 38.8 Å². The normalized spacial score (nSPS) is 9.62. The number of ether oxygens (including phenoxy) is 2. The summed E-state index contributed by atoms with van der Waals surface area (Å²) in [5, 5.41) is 7.89. The second kappa shape index (κ2) is 34.6. The van der Waals surface area contributed by atoms with Crippen molar-refractivity contribution in [3.8, 4) is 0 Å². The predicted octanol–water partition coefficient (Wildman–Crippen LogP) is 7.83. The van der Waals surface area contributed by atoms with E-state index in [1.165, 1.54) is 71.5 Å². The fourth-order valence-corrected chi connectivity index (χ4v) is 3.93. The summed E-state index contributed by atoms with van der Waals surface area (Å²) < 4.78 is 37.7. The molecule has 0 saturated carbocycles. The summed E-state index contributed by atoms with van der Waals surface area (Å²) in [4.78, 5) is 30.4. The molecule has 11 heteroatoms. The van der Waals surface area contributed by atoms with Crippen LogP contribution in [-0.2, 0) is 38.2 Å². The summed E-state index contributed by atoms with van der Waals surface area (Å²) in [5.41, 5.74) is 0.609. The van der Waals surface area contributed by atoms with Gasteiger partial charge in [-0.15, -0.1) is 0 Å². The van der Waals surface area contributed by atoms with Gasteiger partial charge in [-0.2, -0.15) is 8.42 Å². The van der Waals surface area contributed by atoms with Gasteiger partial charge in [0.15, 0.2) is 0 Å². The van der Waals surface area contributed by atoms with Gasteiger partial charge in [0.05, 0.1) is 25.2 Å². The molecule has 0 aliphatic carbocycles. The third-order valence-electron chi connectivity index (χ3n) is 5.58. The number of benzene rings is 1. The Kier molecular flexibility index (Phi) is 38.2. The molecule has 1 aromatic carbocycles. The van der Waals surface area contributed by atoms with Crippen molar-refractivity contribution in [1.82, 2.24) is 0 Å². The molecule has 0 aliphatic heterocycles. The van der Waals surface area contributed by atoms with E-state index in [0.29, 0.717) is 12.2 Å². The van der Waals surface area contributed by atoms with Crippen LogP contribution in [0.2, 0.25) is 0 Å². The molecule has 0 amide bonds. The van der Waals surface area contributed by atoms with Crippen LogP contribution in [0.4, 0.5) is 0 Å². The van der Waals surface area contributed by atoms with Crippen LogP contribution in [0.3, 0.4) is 0 Å². The van der Waals surface area contributed by atoms with Gasteiger partial charge in [-0.3, -0.25) is 4.18 Å². The molecule has 0 atom stereocenters. The van der Waals surface area contributed by atoms with Crippen LogP contribution in [-0.4, -0.2) is 81.3 Å². The number of carbonyl (C=O) groups excluding carboxylic acids is 2. The molecule has 1 rings (SSSR count). The Bertz CT molecular complexity index is 1030. The maximum atomic E-state index is 11.9. The predicted molar refractivity (Wildman–Crippen MR) is 183 cm³/mol. The Morgan fingerprint density at radius 2 is 1.22 bits per heavy atom. The van der Waals surface area contributed by atoms with E-state index >= 15 is 0 Å². The molecule has 1 radical (unpaired) electrons. The largest absolute Gasteiger partial charge is 0.478 e. The fraction of sp³-hybridized carbons (Fsp3) is 0.559. The zero-order valence-corrected chi connectivity index (χ0v) is 31.4. The summed E-state index contributed by atoms with van der Waals surface area (Å²) in [5.74, 6) is -1.61. The average Bonchev–Trinajstić information content (AvgIpc) is 3.00. The van der Waals surface area contributed by atoms with Crippen molar-refractivity contribution >= 4 is 57.6 Å². The number of carbonyl (C=O) groups is 3. The van der Waals surface area contributed by atoms with Gasteiger partial charge in [0.2, 0.25) is 0 Å². The van der Waals surface area contributed by atoms with Crippen LogP contribution in [0.15, 0.2) is 72.2 Å². The van der Waals surface area contributed by atoms with E-state index in [1.807, 2.05) is 6.92 Å². The van der Waals surface area contributed by atoms with E-state index in [9.17, 15) is 22.8 Å². The van der Waals surface area contributed by atoms with Gasteiger partial charge >= 0.3 is 17.9 Å². The van der Waals surface area contributed by atoms with Crippen LogP contribution in [0, 0.1) is 0 Å². The number of carboxylic acid groups (broad SMARTS) is 1. The van der Waals surface area contributed by atoms with Gasteiger partial charge in [0.25, 0.3) is 10.1 Å². The van der Waals surface area contributed by atoms with E-state index in [-0.39, 0.29) is 58.6 Å². The van der Waals surface area contributed by atoms with Crippen molar-refractivity contribution in [1.29, 1.82) is 0 Å².